The summed E-state index contributed by atoms with van der Waals surface area (Å²) in [6.45, 7) is 4.77. The molecule has 0 fully saturated rings. The zero-order chi connectivity index (χ0) is 19.9. The maximum atomic E-state index is 11.2. The van der Waals surface area contributed by atoms with E-state index in [1.807, 2.05) is 24.3 Å². The third-order valence-corrected chi connectivity index (χ3v) is 4.79. The normalized spacial score (nSPS) is 10.5. The summed E-state index contributed by atoms with van der Waals surface area (Å²) in [7, 11) is 1.41. The minimum atomic E-state index is -0.191. The van der Waals surface area contributed by atoms with E-state index in [0.717, 1.165) is 16.9 Å². The van der Waals surface area contributed by atoms with Crippen LogP contribution in [0.25, 0.3) is 11.1 Å². The lowest BCUT2D eigenvalue weighted by molar-refractivity contribution is -0.140. The second-order valence-electron chi connectivity index (χ2n) is 7.03. The molecule has 0 bridgehead atoms. The molecule has 3 aromatic rings. The summed E-state index contributed by atoms with van der Waals surface area (Å²) in [5, 5.41) is 0. The lowest BCUT2D eigenvalue weighted by atomic mass is 9.97. The molecule has 0 heterocycles. The quantitative estimate of drug-likeness (QED) is 0.501. The zero-order valence-corrected chi connectivity index (χ0v) is 16.7. The molecular formula is C25H26O3. The fourth-order valence-electron chi connectivity index (χ4n) is 3.23. The van der Waals surface area contributed by atoms with Crippen LogP contribution in [-0.4, -0.2) is 13.1 Å². The Morgan fingerprint density at radius 2 is 1.68 bits per heavy atom. The van der Waals surface area contributed by atoms with Gasteiger partial charge in [-0.3, -0.25) is 4.79 Å². The monoisotopic (exact) mass is 374 g/mol. The zero-order valence-electron chi connectivity index (χ0n) is 16.7. The summed E-state index contributed by atoms with van der Waals surface area (Å²) in [6.07, 6.45) is 1.06. The average Bonchev–Trinajstić information content (AvgIpc) is 2.71. The van der Waals surface area contributed by atoms with E-state index in [0.29, 0.717) is 19.4 Å². The molecular weight excluding hydrogens is 348 g/mol. The Morgan fingerprint density at radius 1 is 0.893 bits per heavy atom. The Kier molecular flexibility index (Phi) is 6.49. The van der Waals surface area contributed by atoms with Gasteiger partial charge in [-0.2, -0.15) is 0 Å². The number of benzene rings is 3. The van der Waals surface area contributed by atoms with Gasteiger partial charge in [-0.1, -0.05) is 54.1 Å². The van der Waals surface area contributed by atoms with Crippen LogP contribution < -0.4 is 4.74 Å². The Bertz CT molecular complexity index is 942. The SMILES string of the molecule is COC(=O)CCc1ccc(OCc2cccc(-c3ccc(C)cc3C)c2)cc1. The maximum Gasteiger partial charge on any atom is 0.305 e. The molecule has 0 saturated heterocycles. The standard InChI is InChI=1S/C25H26O3/c1-18-7-13-24(19(2)15-18)22-6-4-5-21(16-22)17-28-23-11-8-20(9-12-23)10-14-25(26)27-3/h4-9,11-13,15-16H,10,14,17H2,1-3H3. The van der Waals surface area contributed by atoms with Crippen molar-refractivity contribution in [3.8, 4) is 16.9 Å². The second-order valence-corrected chi connectivity index (χ2v) is 7.03. The molecule has 144 valence electrons. The van der Waals surface area contributed by atoms with Crippen molar-refractivity contribution in [3.63, 3.8) is 0 Å². The maximum absolute atomic E-state index is 11.2. The summed E-state index contributed by atoms with van der Waals surface area (Å²) in [4.78, 5) is 11.2. The Morgan fingerprint density at radius 3 is 2.39 bits per heavy atom. The van der Waals surface area contributed by atoms with Crippen LogP contribution in [0, 0.1) is 13.8 Å². The smallest absolute Gasteiger partial charge is 0.305 e. The summed E-state index contributed by atoms with van der Waals surface area (Å²) in [6, 6.07) is 22.9. The van der Waals surface area contributed by atoms with E-state index in [9.17, 15) is 4.79 Å². The third kappa shape index (κ3) is 5.23. The molecule has 3 rings (SSSR count). The fraction of sp³-hybridized carbons (Fsp3) is 0.240. The highest BCUT2D eigenvalue weighted by atomic mass is 16.5. The van der Waals surface area contributed by atoms with Gasteiger partial charge < -0.3 is 9.47 Å². The minimum absolute atomic E-state index is 0.191. The largest absolute Gasteiger partial charge is 0.489 e. The summed E-state index contributed by atoms with van der Waals surface area (Å²) in [5.41, 5.74) is 7.23. The number of carbonyl (C=O) groups is 1. The van der Waals surface area contributed by atoms with Crippen LogP contribution in [0.5, 0.6) is 5.75 Å². The van der Waals surface area contributed by atoms with Crippen LogP contribution in [0.3, 0.4) is 0 Å². The van der Waals surface area contributed by atoms with Crippen molar-refractivity contribution in [2.45, 2.75) is 33.3 Å². The molecule has 0 atom stereocenters. The lowest BCUT2D eigenvalue weighted by Gasteiger charge is -2.11. The van der Waals surface area contributed by atoms with Gasteiger partial charge in [0.15, 0.2) is 0 Å². The number of hydrogen-bond acceptors (Lipinski definition) is 3. The highest BCUT2D eigenvalue weighted by Crippen LogP contribution is 2.25. The van der Waals surface area contributed by atoms with Crippen molar-refractivity contribution in [2.75, 3.05) is 7.11 Å². The van der Waals surface area contributed by atoms with Crippen molar-refractivity contribution < 1.29 is 14.3 Å². The number of carbonyl (C=O) groups excluding carboxylic acids is 1. The first-order valence-corrected chi connectivity index (χ1v) is 9.50. The van der Waals surface area contributed by atoms with Crippen molar-refractivity contribution in [2.24, 2.45) is 0 Å². The molecule has 3 aromatic carbocycles. The number of ether oxygens (including phenoxy) is 2. The first kappa shape index (κ1) is 19.7. The number of rotatable bonds is 7. The third-order valence-electron chi connectivity index (χ3n) is 4.79. The van der Waals surface area contributed by atoms with E-state index in [-0.39, 0.29) is 5.97 Å². The van der Waals surface area contributed by atoms with E-state index >= 15 is 0 Å². The van der Waals surface area contributed by atoms with E-state index in [1.165, 1.54) is 29.4 Å². The molecule has 3 nitrogen and oxygen atoms in total. The Hall–Kier alpha value is -3.07. The first-order chi connectivity index (χ1) is 13.5. The van der Waals surface area contributed by atoms with Gasteiger partial charge in [0, 0.05) is 6.42 Å². The highest BCUT2D eigenvalue weighted by molar-refractivity contribution is 5.69. The van der Waals surface area contributed by atoms with Crippen LogP contribution >= 0.6 is 0 Å². The van der Waals surface area contributed by atoms with E-state index in [2.05, 4.69) is 61.0 Å². The molecule has 0 saturated carbocycles. The van der Waals surface area contributed by atoms with Crippen LogP contribution in [0.1, 0.15) is 28.7 Å². The lowest BCUT2D eigenvalue weighted by Crippen LogP contribution is -2.02. The van der Waals surface area contributed by atoms with E-state index < -0.39 is 0 Å². The van der Waals surface area contributed by atoms with Gasteiger partial charge in [-0.25, -0.2) is 0 Å². The van der Waals surface area contributed by atoms with Gasteiger partial charge in [0.2, 0.25) is 0 Å². The average molecular weight is 374 g/mol. The van der Waals surface area contributed by atoms with Crippen molar-refractivity contribution in [1.82, 2.24) is 0 Å². The summed E-state index contributed by atoms with van der Waals surface area (Å²) < 4.78 is 10.6. The van der Waals surface area contributed by atoms with Gasteiger partial charge >= 0.3 is 5.97 Å². The van der Waals surface area contributed by atoms with Crippen LogP contribution in [0.2, 0.25) is 0 Å². The van der Waals surface area contributed by atoms with Crippen LogP contribution in [0.4, 0.5) is 0 Å². The van der Waals surface area contributed by atoms with Crippen molar-refractivity contribution in [1.29, 1.82) is 0 Å². The number of methoxy groups -OCH3 is 1. The van der Waals surface area contributed by atoms with Gasteiger partial charge in [0.1, 0.15) is 12.4 Å². The summed E-state index contributed by atoms with van der Waals surface area (Å²) in [5.74, 6) is 0.628. The van der Waals surface area contributed by atoms with Crippen LogP contribution in [-0.2, 0) is 22.6 Å². The molecule has 0 aliphatic heterocycles. The van der Waals surface area contributed by atoms with Gasteiger partial charge in [0.25, 0.3) is 0 Å². The van der Waals surface area contributed by atoms with Crippen molar-refractivity contribution in [3.05, 3.63) is 89.0 Å². The Labute approximate surface area is 166 Å². The van der Waals surface area contributed by atoms with E-state index in [1.54, 1.807) is 0 Å². The predicted molar refractivity (Wildman–Crippen MR) is 112 cm³/mol. The molecule has 0 unspecified atom stereocenters. The van der Waals surface area contributed by atoms with E-state index in [4.69, 9.17) is 4.74 Å². The van der Waals surface area contributed by atoms with Crippen LogP contribution in [0.15, 0.2) is 66.7 Å². The van der Waals surface area contributed by atoms with Gasteiger partial charge in [-0.15, -0.1) is 0 Å². The van der Waals surface area contributed by atoms with Crippen molar-refractivity contribution >= 4 is 5.97 Å². The molecule has 0 N–H and O–H groups in total. The topological polar surface area (TPSA) is 35.5 Å². The Balaban J connectivity index is 1.62. The number of esters is 1. The molecule has 0 aliphatic carbocycles. The molecule has 0 aromatic heterocycles. The molecule has 0 amide bonds. The minimum Gasteiger partial charge on any atom is -0.489 e. The van der Waals surface area contributed by atoms with Gasteiger partial charge in [-0.05, 0) is 66.3 Å². The van der Waals surface area contributed by atoms with Gasteiger partial charge in [0.05, 0.1) is 7.11 Å². The molecule has 0 spiro atoms. The summed E-state index contributed by atoms with van der Waals surface area (Å²) >= 11 is 0. The number of hydrogen-bond donors (Lipinski definition) is 0. The predicted octanol–water partition coefficient (Wildman–Crippen LogP) is 5.66. The first-order valence-electron chi connectivity index (χ1n) is 9.50. The molecule has 28 heavy (non-hydrogen) atoms. The molecule has 0 radical (unpaired) electrons. The molecule has 0 aliphatic rings. The second kappa shape index (κ2) is 9.23. The highest BCUT2D eigenvalue weighted by Gasteiger charge is 2.05. The number of aryl methyl sites for hydroxylation is 3. The molecule has 3 heteroatoms. The fourth-order valence-corrected chi connectivity index (χ4v) is 3.23.